The molecule has 0 aliphatic carbocycles. The van der Waals surface area contributed by atoms with E-state index < -0.39 is 0 Å². The molecule has 2 aromatic heterocycles. The maximum atomic E-state index is 13.4. The zero-order chi connectivity index (χ0) is 19.3. The Balaban J connectivity index is 1.56. The van der Waals surface area contributed by atoms with E-state index in [1.807, 2.05) is 48.2 Å². The van der Waals surface area contributed by atoms with Crippen molar-refractivity contribution in [3.8, 4) is 0 Å². The highest BCUT2D eigenvalue weighted by Crippen LogP contribution is 2.33. The molecule has 28 heavy (non-hydrogen) atoms. The molecule has 6 heteroatoms. The van der Waals surface area contributed by atoms with Crippen LogP contribution in [-0.2, 0) is 0 Å². The van der Waals surface area contributed by atoms with Crippen LogP contribution < -0.4 is 5.56 Å². The quantitative estimate of drug-likeness (QED) is 0.563. The van der Waals surface area contributed by atoms with Gasteiger partial charge in [-0.25, -0.2) is 4.98 Å². The summed E-state index contributed by atoms with van der Waals surface area (Å²) in [5.74, 6) is 0.682. The molecule has 0 bridgehead atoms. The Morgan fingerprint density at radius 3 is 2.86 bits per heavy atom. The molecule has 4 aromatic rings. The molecule has 1 fully saturated rings. The molecule has 1 atom stereocenters. The van der Waals surface area contributed by atoms with Crippen molar-refractivity contribution in [2.75, 3.05) is 6.54 Å². The van der Waals surface area contributed by atoms with Gasteiger partial charge in [0.05, 0.1) is 22.6 Å². The molecule has 5 rings (SSSR count). The molecule has 1 amide bonds. The number of hydrogen-bond donors (Lipinski definition) is 2. The summed E-state index contributed by atoms with van der Waals surface area (Å²) in [4.78, 5) is 38.2. The number of rotatable bonds is 2. The molecule has 3 heterocycles. The van der Waals surface area contributed by atoms with E-state index in [0.29, 0.717) is 17.6 Å². The lowest BCUT2D eigenvalue weighted by Gasteiger charge is -2.23. The van der Waals surface area contributed by atoms with Crippen LogP contribution in [-0.4, -0.2) is 32.3 Å². The predicted molar refractivity (Wildman–Crippen MR) is 108 cm³/mol. The van der Waals surface area contributed by atoms with Crippen molar-refractivity contribution < 1.29 is 4.79 Å². The number of aromatic amines is 2. The van der Waals surface area contributed by atoms with Gasteiger partial charge in [0.25, 0.3) is 5.91 Å². The standard InChI is InChI=1S/C22H20N4O2/c1-13-8-9-17-18(11-13)25-21(24-17)19-7-4-10-26(19)22(28)15-12-20(27)23-16-6-3-2-5-14(15)16/h2-3,5-6,8-9,11-12,19H,4,7,10H2,1H3,(H,23,27)(H,24,25)/t19-/m1/s1. The minimum absolute atomic E-state index is 0.113. The molecule has 1 aliphatic rings. The second-order valence-corrected chi connectivity index (χ2v) is 7.39. The van der Waals surface area contributed by atoms with Crippen LogP contribution >= 0.6 is 0 Å². The number of benzene rings is 2. The van der Waals surface area contributed by atoms with Crippen LogP contribution in [0.2, 0.25) is 0 Å². The first-order chi connectivity index (χ1) is 13.6. The molecule has 0 spiro atoms. The number of para-hydroxylation sites is 1. The number of nitrogens with zero attached hydrogens (tertiary/aromatic N) is 2. The summed E-state index contributed by atoms with van der Waals surface area (Å²) < 4.78 is 0. The molecule has 140 valence electrons. The third-order valence-electron chi connectivity index (χ3n) is 5.47. The van der Waals surface area contributed by atoms with Crippen molar-refractivity contribution in [3.05, 3.63) is 75.8 Å². The number of imidazole rings is 1. The third-order valence-corrected chi connectivity index (χ3v) is 5.47. The molecular formula is C22H20N4O2. The number of likely N-dealkylation sites (tertiary alicyclic amines) is 1. The average molecular weight is 372 g/mol. The first-order valence-corrected chi connectivity index (χ1v) is 9.49. The second kappa shape index (κ2) is 6.34. The van der Waals surface area contributed by atoms with Gasteiger partial charge in [-0.15, -0.1) is 0 Å². The maximum absolute atomic E-state index is 13.4. The van der Waals surface area contributed by atoms with Crippen molar-refractivity contribution in [1.29, 1.82) is 0 Å². The molecule has 2 N–H and O–H groups in total. The lowest BCUT2D eigenvalue weighted by molar-refractivity contribution is 0.0732. The predicted octanol–water partition coefficient (Wildman–Crippen LogP) is 3.69. The lowest BCUT2D eigenvalue weighted by Crippen LogP contribution is -2.32. The third kappa shape index (κ3) is 2.69. The van der Waals surface area contributed by atoms with Gasteiger partial charge in [-0.05, 0) is 43.5 Å². The zero-order valence-corrected chi connectivity index (χ0v) is 15.5. The summed E-state index contributed by atoms with van der Waals surface area (Å²) in [6.45, 7) is 2.70. The summed E-state index contributed by atoms with van der Waals surface area (Å²) in [6, 6.07) is 14.8. The number of hydrogen-bond acceptors (Lipinski definition) is 3. The van der Waals surface area contributed by atoms with Crippen molar-refractivity contribution in [1.82, 2.24) is 19.9 Å². The van der Waals surface area contributed by atoms with E-state index in [0.717, 1.165) is 40.6 Å². The fourth-order valence-electron chi connectivity index (χ4n) is 4.13. The van der Waals surface area contributed by atoms with Crippen LogP contribution in [0.25, 0.3) is 21.9 Å². The molecule has 0 unspecified atom stereocenters. The van der Waals surface area contributed by atoms with E-state index in [-0.39, 0.29) is 17.5 Å². The van der Waals surface area contributed by atoms with Gasteiger partial charge in [-0.1, -0.05) is 24.3 Å². The largest absolute Gasteiger partial charge is 0.340 e. The number of fused-ring (bicyclic) bond motifs is 2. The lowest BCUT2D eigenvalue weighted by atomic mass is 10.1. The van der Waals surface area contributed by atoms with Gasteiger partial charge in [0.2, 0.25) is 5.56 Å². The van der Waals surface area contributed by atoms with E-state index >= 15 is 0 Å². The Labute approximate surface area is 161 Å². The first-order valence-electron chi connectivity index (χ1n) is 9.49. The SMILES string of the molecule is Cc1ccc2nc([C@H]3CCCN3C(=O)c3cc(=O)[nH]c4ccccc34)[nH]c2c1. The van der Waals surface area contributed by atoms with E-state index in [1.165, 1.54) is 6.07 Å². The van der Waals surface area contributed by atoms with Crippen LogP contribution in [0, 0.1) is 6.92 Å². The van der Waals surface area contributed by atoms with E-state index in [4.69, 9.17) is 4.98 Å². The number of pyridine rings is 1. The van der Waals surface area contributed by atoms with E-state index in [2.05, 4.69) is 16.0 Å². The molecule has 1 aliphatic heterocycles. The zero-order valence-electron chi connectivity index (χ0n) is 15.5. The van der Waals surface area contributed by atoms with Crippen molar-refractivity contribution in [2.24, 2.45) is 0 Å². The summed E-state index contributed by atoms with van der Waals surface area (Å²) in [5.41, 5.74) is 3.90. The second-order valence-electron chi connectivity index (χ2n) is 7.39. The highest BCUT2D eigenvalue weighted by atomic mass is 16.2. The Hall–Kier alpha value is -3.41. The molecule has 0 radical (unpaired) electrons. The number of carbonyl (C=O) groups excluding carboxylic acids is 1. The van der Waals surface area contributed by atoms with Crippen LogP contribution in [0.4, 0.5) is 0 Å². The summed E-state index contributed by atoms with van der Waals surface area (Å²) >= 11 is 0. The van der Waals surface area contributed by atoms with Crippen molar-refractivity contribution >= 4 is 27.8 Å². The minimum Gasteiger partial charge on any atom is -0.340 e. The fourth-order valence-corrected chi connectivity index (χ4v) is 4.13. The number of aromatic nitrogens is 3. The Morgan fingerprint density at radius 1 is 1.11 bits per heavy atom. The van der Waals surface area contributed by atoms with Gasteiger partial charge in [-0.3, -0.25) is 9.59 Å². The van der Waals surface area contributed by atoms with Gasteiger partial charge < -0.3 is 14.9 Å². The van der Waals surface area contributed by atoms with Gasteiger partial charge in [0.1, 0.15) is 5.82 Å². The fraction of sp³-hybridized carbons (Fsp3) is 0.227. The van der Waals surface area contributed by atoms with E-state index in [9.17, 15) is 9.59 Å². The van der Waals surface area contributed by atoms with Gasteiger partial charge >= 0.3 is 0 Å². The smallest absolute Gasteiger partial charge is 0.255 e. The normalized spacial score (nSPS) is 16.9. The van der Waals surface area contributed by atoms with Gasteiger partial charge in [-0.2, -0.15) is 0 Å². The molecule has 0 saturated carbocycles. The molecule has 6 nitrogen and oxygen atoms in total. The number of nitrogens with one attached hydrogen (secondary N) is 2. The van der Waals surface area contributed by atoms with Crippen molar-refractivity contribution in [2.45, 2.75) is 25.8 Å². The van der Waals surface area contributed by atoms with Gasteiger partial charge in [0, 0.05) is 23.5 Å². The highest BCUT2D eigenvalue weighted by molar-refractivity contribution is 6.06. The molecular weight excluding hydrogens is 352 g/mol. The Kier molecular flexibility index (Phi) is 3.79. The topological polar surface area (TPSA) is 81.8 Å². The summed E-state index contributed by atoms with van der Waals surface area (Å²) in [6.07, 6.45) is 1.76. The van der Waals surface area contributed by atoms with E-state index in [1.54, 1.807) is 0 Å². The van der Waals surface area contributed by atoms with Crippen LogP contribution in [0.15, 0.2) is 53.3 Å². The Bertz CT molecular complexity index is 1270. The first kappa shape index (κ1) is 16.7. The van der Waals surface area contributed by atoms with Crippen LogP contribution in [0.3, 0.4) is 0 Å². The number of H-pyrrole nitrogens is 2. The number of aryl methyl sites for hydroxylation is 1. The Morgan fingerprint density at radius 2 is 1.96 bits per heavy atom. The van der Waals surface area contributed by atoms with Gasteiger partial charge in [0.15, 0.2) is 0 Å². The summed E-state index contributed by atoms with van der Waals surface area (Å²) in [7, 11) is 0. The monoisotopic (exact) mass is 372 g/mol. The molecule has 2 aromatic carbocycles. The van der Waals surface area contributed by atoms with Crippen molar-refractivity contribution in [3.63, 3.8) is 0 Å². The summed E-state index contributed by atoms with van der Waals surface area (Å²) in [5, 5.41) is 0.762. The maximum Gasteiger partial charge on any atom is 0.255 e. The average Bonchev–Trinajstić information content (AvgIpc) is 3.33. The van der Waals surface area contributed by atoms with Crippen LogP contribution in [0.1, 0.15) is 40.6 Å². The highest BCUT2D eigenvalue weighted by Gasteiger charge is 2.33. The minimum atomic E-state index is -0.267. The molecule has 1 saturated heterocycles. The number of carbonyl (C=O) groups is 1. The number of amides is 1. The van der Waals surface area contributed by atoms with Crippen LogP contribution in [0.5, 0.6) is 0 Å².